The van der Waals surface area contributed by atoms with Gasteiger partial charge >= 0.3 is 0 Å². The van der Waals surface area contributed by atoms with E-state index >= 15 is 0 Å². The number of nitrogens with zero attached hydrogens (tertiary/aromatic N) is 4. The lowest BCUT2D eigenvalue weighted by molar-refractivity contribution is -0.118. The third-order valence-corrected chi connectivity index (χ3v) is 6.56. The van der Waals surface area contributed by atoms with Crippen LogP contribution in [-0.2, 0) is 11.3 Å². The zero-order valence-electron chi connectivity index (χ0n) is 18.4. The van der Waals surface area contributed by atoms with Crippen molar-refractivity contribution in [2.75, 3.05) is 48.8 Å². The summed E-state index contributed by atoms with van der Waals surface area (Å²) in [5.41, 5.74) is 2.17. The Labute approximate surface area is 203 Å². The Kier molecular flexibility index (Phi) is 7.91. The molecule has 1 fully saturated rings. The molecule has 9 heteroatoms. The predicted octanol–water partition coefficient (Wildman–Crippen LogP) is 3.87. The monoisotopic (exact) mass is 483 g/mol. The van der Waals surface area contributed by atoms with E-state index in [1.165, 1.54) is 11.8 Å². The summed E-state index contributed by atoms with van der Waals surface area (Å²) in [5, 5.41) is 13.1. The van der Waals surface area contributed by atoms with Crippen LogP contribution in [0.25, 0.3) is 0 Å². The largest absolute Gasteiger partial charge is 0.497 e. The molecule has 0 aliphatic carbocycles. The second-order valence-electron chi connectivity index (χ2n) is 7.60. The lowest BCUT2D eigenvalue weighted by Crippen LogP contribution is -2.46. The molecule has 1 aliphatic heterocycles. The number of rotatable bonds is 8. The zero-order valence-corrected chi connectivity index (χ0v) is 20.0. The van der Waals surface area contributed by atoms with Crippen LogP contribution in [0.5, 0.6) is 5.75 Å². The van der Waals surface area contributed by atoms with Crippen molar-refractivity contribution >= 4 is 40.8 Å². The number of ether oxygens (including phenoxy) is 1. The summed E-state index contributed by atoms with van der Waals surface area (Å²) in [6.07, 6.45) is 0. The minimum atomic E-state index is -0.0427. The van der Waals surface area contributed by atoms with E-state index in [9.17, 15) is 4.79 Å². The van der Waals surface area contributed by atoms with Gasteiger partial charge in [0.2, 0.25) is 5.91 Å². The van der Waals surface area contributed by atoms with Crippen molar-refractivity contribution in [3.05, 3.63) is 71.2 Å². The number of hydrogen-bond donors (Lipinski definition) is 1. The van der Waals surface area contributed by atoms with Gasteiger partial charge in [-0.1, -0.05) is 41.6 Å². The van der Waals surface area contributed by atoms with Gasteiger partial charge in [0.25, 0.3) is 0 Å². The number of thioether (sulfide) groups is 1. The Morgan fingerprint density at radius 3 is 2.45 bits per heavy atom. The first-order chi connectivity index (χ1) is 16.1. The Morgan fingerprint density at radius 1 is 1.03 bits per heavy atom. The number of amides is 1. The van der Waals surface area contributed by atoms with Gasteiger partial charge in [0, 0.05) is 43.4 Å². The number of carbonyl (C=O) groups is 1. The summed E-state index contributed by atoms with van der Waals surface area (Å²) in [4.78, 5) is 16.7. The number of hydrogen-bond acceptors (Lipinski definition) is 7. The number of carbonyl (C=O) groups excluding carboxylic acids is 1. The molecule has 2 heterocycles. The number of halogens is 1. The molecule has 0 unspecified atom stereocenters. The lowest BCUT2D eigenvalue weighted by atomic mass is 10.2. The number of benzene rings is 2. The van der Waals surface area contributed by atoms with Crippen LogP contribution in [0.15, 0.2) is 65.7 Å². The van der Waals surface area contributed by atoms with Crippen LogP contribution in [0.2, 0.25) is 5.02 Å². The normalized spacial score (nSPS) is 13.6. The maximum atomic E-state index is 12.2. The van der Waals surface area contributed by atoms with Gasteiger partial charge < -0.3 is 19.9 Å². The minimum absolute atomic E-state index is 0.0427. The van der Waals surface area contributed by atoms with Crippen molar-refractivity contribution in [3.8, 4) is 5.75 Å². The van der Waals surface area contributed by atoms with Gasteiger partial charge in [-0.15, -0.1) is 10.2 Å². The second kappa shape index (κ2) is 11.2. The summed E-state index contributed by atoms with van der Waals surface area (Å²) in [7, 11) is 1.63. The van der Waals surface area contributed by atoms with Gasteiger partial charge in [-0.2, -0.15) is 0 Å². The van der Waals surface area contributed by atoms with Gasteiger partial charge in [-0.25, -0.2) is 0 Å². The molecule has 0 radical (unpaired) electrons. The van der Waals surface area contributed by atoms with E-state index in [4.69, 9.17) is 16.3 Å². The molecular formula is C24H26ClN5O2S. The van der Waals surface area contributed by atoms with Crippen LogP contribution >= 0.6 is 23.4 Å². The van der Waals surface area contributed by atoms with Crippen LogP contribution in [0.4, 0.5) is 11.5 Å². The van der Waals surface area contributed by atoms with Crippen LogP contribution in [0, 0.1) is 0 Å². The first kappa shape index (κ1) is 23.2. The molecule has 3 aromatic rings. The van der Waals surface area contributed by atoms with Gasteiger partial charge in [-0.3, -0.25) is 4.79 Å². The molecule has 1 amide bonds. The molecule has 1 N–H and O–H groups in total. The highest BCUT2D eigenvalue weighted by Crippen LogP contribution is 2.23. The fraction of sp³-hybridized carbons (Fsp3) is 0.292. The van der Waals surface area contributed by atoms with Crippen LogP contribution in [-0.4, -0.2) is 55.1 Å². The molecule has 1 aliphatic rings. The Balaban J connectivity index is 1.21. The summed E-state index contributed by atoms with van der Waals surface area (Å²) >= 11 is 7.50. The van der Waals surface area contributed by atoms with Crippen LogP contribution in [0.1, 0.15) is 5.56 Å². The van der Waals surface area contributed by atoms with E-state index in [1.807, 2.05) is 54.6 Å². The standard InChI is InChI=1S/C24H26ClN5O2S/c1-32-21-7-5-18(6-8-21)16-26-23(31)17-33-24-10-9-22(27-28-24)30-13-11-29(12-14-30)20-4-2-3-19(25)15-20/h2-10,15H,11-14,16-17H2,1H3,(H,26,31). The van der Waals surface area contributed by atoms with Crippen molar-refractivity contribution < 1.29 is 9.53 Å². The highest BCUT2D eigenvalue weighted by atomic mass is 35.5. The molecule has 0 bridgehead atoms. The third kappa shape index (κ3) is 6.52. The number of piperazine rings is 1. The van der Waals surface area contributed by atoms with Gasteiger partial charge in [-0.05, 0) is 48.0 Å². The third-order valence-electron chi connectivity index (χ3n) is 5.40. The summed E-state index contributed by atoms with van der Waals surface area (Å²) < 4.78 is 5.14. The van der Waals surface area contributed by atoms with Crippen molar-refractivity contribution in [2.45, 2.75) is 11.6 Å². The van der Waals surface area contributed by atoms with Gasteiger partial charge in [0.1, 0.15) is 10.8 Å². The SMILES string of the molecule is COc1ccc(CNC(=O)CSc2ccc(N3CCN(c4cccc(Cl)c4)CC3)nn2)cc1. The van der Waals surface area contributed by atoms with Crippen molar-refractivity contribution in [2.24, 2.45) is 0 Å². The van der Waals surface area contributed by atoms with E-state index in [2.05, 4.69) is 31.4 Å². The second-order valence-corrected chi connectivity index (χ2v) is 9.03. The average molecular weight is 484 g/mol. The zero-order chi connectivity index (χ0) is 23.0. The molecule has 1 aromatic heterocycles. The molecule has 7 nitrogen and oxygen atoms in total. The van der Waals surface area contributed by atoms with Gasteiger partial charge in [0.05, 0.1) is 12.9 Å². The molecule has 1 saturated heterocycles. The van der Waals surface area contributed by atoms with E-state index in [0.717, 1.165) is 59.0 Å². The maximum Gasteiger partial charge on any atom is 0.230 e. The van der Waals surface area contributed by atoms with Crippen molar-refractivity contribution in [3.63, 3.8) is 0 Å². The highest BCUT2D eigenvalue weighted by molar-refractivity contribution is 7.99. The van der Waals surface area contributed by atoms with E-state index in [0.29, 0.717) is 12.3 Å². The first-order valence-electron chi connectivity index (χ1n) is 10.7. The Morgan fingerprint density at radius 2 is 1.79 bits per heavy atom. The number of nitrogens with one attached hydrogen (secondary N) is 1. The molecular weight excluding hydrogens is 458 g/mol. The first-order valence-corrected chi connectivity index (χ1v) is 12.1. The van der Waals surface area contributed by atoms with Gasteiger partial charge in [0.15, 0.2) is 5.82 Å². The van der Waals surface area contributed by atoms with E-state index in [-0.39, 0.29) is 5.91 Å². The smallest absolute Gasteiger partial charge is 0.230 e. The molecule has 0 atom stereocenters. The molecule has 4 rings (SSSR count). The minimum Gasteiger partial charge on any atom is -0.497 e. The molecule has 0 spiro atoms. The van der Waals surface area contributed by atoms with Crippen LogP contribution < -0.4 is 19.9 Å². The topological polar surface area (TPSA) is 70.6 Å². The number of anilines is 2. The van der Waals surface area contributed by atoms with Crippen molar-refractivity contribution in [1.29, 1.82) is 0 Å². The number of aromatic nitrogens is 2. The average Bonchev–Trinajstić information content (AvgIpc) is 2.87. The van der Waals surface area contributed by atoms with Crippen molar-refractivity contribution in [1.82, 2.24) is 15.5 Å². The van der Waals surface area contributed by atoms with E-state index in [1.54, 1.807) is 7.11 Å². The lowest BCUT2D eigenvalue weighted by Gasteiger charge is -2.36. The quantitative estimate of drug-likeness (QED) is 0.487. The Hall–Kier alpha value is -2.97. The Bertz CT molecular complexity index is 1060. The number of methoxy groups -OCH3 is 1. The highest BCUT2D eigenvalue weighted by Gasteiger charge is 2.19. The summed E-state index contributed by atoms with van der Waals surface area (Å²) in [6, 6.07) is 19.5. The molecule has 33 heavy (non-hydrogen) atoms. The predicted molar refractivity (Wildman–Crippen MR) is 133 cm³/mol. The molecule has 172 valence electrons. The molecule has 2 aromatic carbocycles. The summed E-state index contributed by atoms with van der Waals surface area (Å²) in [6.45, 7) is 4.00. The van der Waals surface area contributed by atoms with Crippen LogP contribution in [0.3, 0.4) is 0 Å². The maximum absolute atomic E-state index is 12.2. The fourth-order valence-corrected chi connectivity index (χ4v) is 4.39. The summed E-state index contributed by atoms with van der Waals surface area (Å²) in [5.74, 6) is 1.90. The molecule has 0 saturated carbocycles. The fourth-order valence-electron chi connectivity index (χ4n) is 3.56. The van der Waals surface area contributed by atoms with E-state index < -0.39 is 0 Å².